The van der Waals surface area contributed by atoms with Gasteiger partial charge in [-0.25, -0.2) is 4.98 Å². The summed E-state index contributed by atoms with van der Waals surface area (Å²) in [5, 5.41) is 25.2. The highest BCUT2D eigenvalue weighted by Gasteiger charge is 2.35. The minimum Gasteiger partial charge on any atom is -0.507 e. The Balaban J connectivity index is 1.97. The molecule has 0 saturated carbocycles. The Bertz CT molecular complexity index is 818. The van der Waals surface area contributed by atoms with E-state index in [-0.39, 0.29) is 11.8 Å². The van der Waals surface area contributed by atoms with Gasteiger partial charge in [-0.1, -0.05) is 42.5 Å². The summed E-state index contributed by atoms with van der Waals surface area (Å²) in [4.78, 5) is 7.10. The van der Waals surface area contributed by atoms with Crippen molar-refractivity contribution in [2.24, 2.45) is 0 Å². The Morgan fingerprint density at radius 2 is 1.96 bits per heavy atom. The van der Waals surface area contributed by atoms with Gasteiger partial charge >= 0.3 is 0 Å². The lowest BCUT2D eigenvalue weighted by atomic mass is 9.91. The number of nitrogens with zero attached hydrogens (tertiary/aromatic N) is 1. The van der Waals surface area contributed by atoms with Crippen LogP contribution in [-0.4, -0.2) is 26.2 Å². The third kappa shape index (κ3) is 3.73. The van der Waals surface area contributed by atoms with E-state index in [1.807, 2.05) is 50.2 Å². The molecule has 3 rings (SSSR count). The number of nitrogens with one attached hydrogen (secondary N) is 2. The van der Waals surface area contributed by atoms with Gasteiger partial charge in [0.25, 0.3) is 0 Å². The number of rotatable bonds is 6. The van der Waals surface area contributed by atoms with Crippen LogP contribution in [0, 0.1) is 6.92 Å². The Kier molecular flexibility index (Phi) is 4.88. The molecule has 25 heavy (non-hydrogen) atoms. The van der Waals surface area contributed by atoms with Crippen LogP contribution >= 0.6 is 0 Å². The second-order valence-corrected chi connectivity index (χ2v) is 6.42. The molecule has 1 heterocycles. The van der Waals surface area contributed by atoms with Crippen molar-refractivity contribution < 1.29 is 10.2 Å². The number of hydrogen-bond acceptors (Lipinski definition) is 4. The number of phenolic OH excluding ortho intramolecular Hbond substituents is 1. The maximum absolute atomic E-state index is 11.5. The van der Waals surface area contributed by atoms with Crippen LogP contribution in [0.2, 0.25) is 0 Å². The van der Waals surface area contributed by atoms with Crippen LogP contribution in [0.25, 0.3) is 0 Å². The van der Waals surface area contributed by atoms with Crippen LogP contribution in [0.4, 0.5) is 0 Å². The third-order valence-electron chi connectivity index (χ3n) is 4.27. The van der Waals surface area contributed by atoms with Crippen LogP contribution in [0.1, 0.15) is 29.3 Å². The number of hydrogen-bond donors (Lipinski definition) is 4. The van der Waals surface area contributed by atoms with Gasteiger partial charge < -0.3 is 15.2 Å². The van der Waals surface area contributed by atoms with Crippen molar-refractivity contribution in [3.8, 4) is 5.75 Å². The molecule has 2 atom stereocenters. The molecular weight excluding hydrogens is 314 g/mol. The molecule has 3 aromatic rings. The number of aryl methyl sites for hydroxylation is 1. The highest BCUT2D eigenvalue weighted by molar-refractivity contribution is 5.45. The average Bonchev–Trinajstić information content (AvgIpc) is 3.08. The van der Waals surface area contributed by atoms with Gasteiger partial charge in [-0.3, -0.25) is 5.32 Å². The van der Waals surface area contributed by atoms with E-state index in [9.17, 15) is 10.2 Å². The number of imidazole rings is 1. The summed E-state index contributed by atoms with van der Waals surface area (Å²) >= 11 is 0. The van der Waals surface area contributed by atoms with E-state index in [2.05, 4.69) is 15.3 Å². The van der Waals surface area contributed by atoms with Crippen molar-refractivity contribution in [3.63, 3.8) is 0 Å². The zero-order chi connectivity index (χ0) is 17.9. The van der Waals surface area contributed by atoms with E-state index in [4.69, 9.17) is 0 Å². The average molecular weight is 337 g/mol. The van der Waals surface area contributed by atoms with Gasteiger partial charge in [-0.05, 0) is 25.5 Å². The molecule has 0 spiro atoms. The van der Waals surface area contributed by atoms with Crippen molar-refractivity contribution in [3.05, 3.63) is 83.4 Å². The maximum Gasteiger partial charge on any atom is 0.172 e. The lowest BCUT2D eigenvalue weighted by Crippen LogP contribution is -2.48. The summed E-state index contributed by atoms with van der Waals surface area (Å²) in [7, 11) is 0. The molecule has 0 fully saturated rings. The Morgan fingerprint density at radius 1 is 1.20 bits per heavy atom. The first-order valence-corrected chi connectivity index (χ1v) is 8.32. The number of aromatic amines is 1. The largest absolute Gasteiger partial charge is 0.507 e. The van der Waals surface area contributed by atoms with Crippen LogP contribution in [0.5, 0.6) is 5.75 Å². The minimum absolute atomic E-state index is 0.0626. The number of aromatic nitrogens is 2. The molecule has 0 aliphatic rings. The number of benzene rings is 2. The molecule has 0 aliphatic heterocycles. The van der Waals surface area contributed by atoms with E-state index in [0.29, 0.717) is 17.5 Å². The minimum atomic E-state index is -1.50. The van der Waals surface area contributed by atoms with E-state index in [1.54, 1.807) is 24.7 Å². The summed E-state index contributed by atoms with van der Waals surface area (Å²) in [5.41, 5.74) is 1.51. The molecule has 1 unspecified atom stereocenters. The first-order valence-electron chi connectivity index (χ1n) is 8.32. The number of phenols is 1. The highest BCUT2D eigenvalue weighted by Crippen LogP contribution is 2.34. The lowest BCUT2D eigenvalue weighted by Gasteiger charge is -2.34. The Hall–Kier alpha value is -2.63. The van der Waals surface area contributed by atoms with Crippen molar-refractivity contribution >= 4 is 0 Å². The molecule has 1 aromatic heterocycles. The van der Waals surface area contributed by atoms with Gasteiger partial charge in [0.2, 0.25) is 0 Å². The first-order chi connectivity index (χ1) is 12.0. The van der Waals surface area contributed by atoms with Crippen LogP contribution in [0.3, 0.4) is 0 Å². The summed E-state index contributed by atoms with van der Waals surface area (Å²) < 4.78 is 0. The molecule has 4 N–H and O–H groups in total. The van der Waals surface area contributed by atoms with E-state index in [1.165, 1.54) is 0 Å². The normalized spacial score (nSPS) is 14.8. The monoisotopic (exact) mass is 337 g/mol. The number of aliphatic hydroxyl groups is 1. The zero-order valence-corrected chi connectivity index (χ0v) is 14.4. The quantitative estimate of drug-likeness (QED) is 0.521. The Labute approximate surface area is 147 Å². The van der Waals surface area contributed by atoms with Gasteiger partial charge in [0, 0.05) is 35.5 Å². The number of aromatic hydroxyl groups is 1. The molecule has 2 aromatic carbocycles. The molecule has 0 bridgehead atoms. The van der Waals surface area contributed by atoms with E-state index in [0.717, 1.165) is 11.3 Å². The summed E-state index contributed by atoms with van der Waals surface area (Å²) in [6.07, 6.45) is 4.07. The molecule has 0 amide bonds. The molecular formula is C20H23N3O2. The maximum atomic E-state index is 11.5. The second-order valence-electron chi connectivity index (χ2n) is 6.42. The standard InChI is InChI=1S/C20H23N3O2/c1-14-8-9-18(19(24)10-14)20(25,16-6-4-3-5-7-16)23-15(2)11-17-12-21-13-22-17/h3-10,12-13,15,23-25H,11H2,1-2H3,(H,21,22)/t15-,20?/m1/s1. The molecule has 0 saturated heterocycles. The van der Waals surface area contributed by atoms with Gasteiger partial charge in [-0.15, -0.1) is 0 Å². The third-order valence-corrected chi connectivity index (χ3v) is 4.27. The molecule has 5 heteroatoms. The van der Waals surface area contributed by atoms with Gasteiger partial charge in [0.1, 0.15) is 5.75 Å². The SMILES string of the molecule is Cc1ccc(C(O)(N[C@H](C)Cc2cnc[nH]2)c2ccccc2)c(O)c1. The summed E-state index contributed by atoms with van der Waals surface area (Å²) in [6.45, 7) is 3.89. The summed E-state index contributed by atoms with van der Waals surface area (Å²) in [5.74, 6) is 0.0626. The topological polar surface area (TPSA) is 81.2 Å². The van der Waals surface area contributed by atoms with E-state index >= 15 is 0 Å². The van der Waals surface area contributed by atoms with Crippen molar-refractivity contribution in [2.45, 2.75) is 32.0 Å². The molecule has 130 valence electrons. The fourth-order valence-electron chi connectivity index (χ4n) is 3.08. The predicted molar refractivity (Wildman–Crippen MR) is 97.2 cm³/mol. The molecule has 0 radical (unpaired) electrons. The van der Waals surface area contributed by atoms with Crippen LogP contribution in [0.15, 0.2) is 61.1 Å². The molecule has 0 aliphatic carbocycles. The second kappa shape index (κ2) is 7.09. The van der Waals surface area contributed by atoms with Gasteiger partial charge in [0.05, 0.1) is 6.33 Å². The first kappa shape index (κ1) is 17.2. The van der Waals surface area contributed by atoms with Crippen molar-refractivity contribution in [1.82, 2.24) is 15.3 Å². The van der Waals surface area contributed by atoms with Gasteiger partial charge in [-0.2, -0.15) is 0 Å². The predicted octanol–water partition coefficient (Wildman–Crippen LogP) is 2.84. The highest BCUT2D eigenvalue weighted by atomic mass is 16.3. The van der Waals surface area contributed by atoms with E-state index < -0.39 is 5.72 Å². The lowest BCUT2D eigenvalue weighted by molar-refractivity contribution is 0.0299. The van der Waals surface area contributed by atoms with Gasteiger partial charge in [0.15, 0.2) is 5.72 Å². The number of H-pyrrole nitrogens is 1. The smallest absolute Gasteiger partial charge is 0.172 e. The van der Waals surface area contributed by atoms with Crippen LogP contribution in [-0.2, 0) is 12.1 Å². The fraction of sp³-hybridized carbons (Fsp3) is 0.250. The fourth-order valence-corrected chi connectivity index (χ4v) is 3.08. The van der Waals surface area contributed by atoms with Crippen LogP contribution < -0.4 is 5.32 Å². The molecule has 5 nitrogen and oxygen atoms in total. The Morgan fingerprint density at radius 3 is 2.60 bits per heavy atom. The zero-order valence-electron chi connectivity index (χ0n) is 14.4. The van der Waals surface area contributed by atoms with Crippen molar-refractivity contribution in [1.29, 1.82) is 0 Å². The van der Waals surface area contributed by atoms with Crippen molar-refractivity contribution in [2.75, 3.05) is 0 Å². The summed E-state index contributed by atoms with van der Waals surface area (Å²) in [6, 6.07) is 14.5.